The van der Waals surface area contributed by atoms with E-state index in [0.717, 1.165) is 59.4 Å². The first kappa shape index (κ1) is 30.4. The smallest absolute Gasteiger partial charge is 0.181 e. The molecular weight excluding hydrogens is 625 g/mol. The van der Waals surface area contributed by atoms with E-state index >= 15 is 0 Å². The molecule has 8 rings (SSSR count). The van der Waals surface area contributed by atoms with Crippen LogP contribution in [0.4, 0.5) is 0 Å². The topological polar surface area (TPSA) is 76.3 Å². The molecular formula is C45H28N4Si. The maximum Gasteiger partial charge on any atom is 0.181 e. The number of aromatic nitrogens is 1. The van der Waals surface area contributed by atoms with Crippen LogP contribution in [0.25, 0.3) is 38.6 Å². The Balaban J connectivity index is 1.44. The summed E-state index contributed by atoms with van der Waals surface area (Å²) in [4.78, 5) is 0. The highest BCUT2D eigenvalue weighted by Gasteiger charge is 2.45. The summed E-state index contributed by atoms with van der Waals surface area (Å²) >= 11 is 0. The molecule has 0 bridgehead atoms. The van der Waals surface area contributed by atoms with Crippen molar-refractivity contribution in [3.05, 3.63) is 187 Å². The lowest BCUT2D eigenvalue weighted by Gasteiger charge is -2.37. The van der Waals surface area contributed by atoms with E-state index in [1.165, 1.54) is 0 Å². The van der Waals surface area contributed by atoms with Crippen LogP contribution in [0.1, 0.15) is 16.7 Å². The molecule has 0 N–H and O–H groups in total. The standard InChI is InChI=1S/C45H28N4Si/c46-29-32-20-27-43-41(28-32)40-18-10-11-19-42(40)49(43)36-25-23-33(24-26-36)44-34(30-47)21-22-35(31-48)45(44)50(37-12-4-1-5-13-37,38-14-6-2-7-15-38)39-16-8-3-9-17-39/h1-28H. The van der Waals surface area contributed by atoms with Crippen molar-refractivity contribution in [1.82, 2.24) is 4.57 Å². The average Bonchev–Trinajstić information content (AvgIpc) is 3.53. The van der Waals surface area contributed by atoms with E-state index < -0.39 is 8.07 Å². The molecule has 0 radical (unpaired) electrons. The fourth-order valence-corrected chi connectivity index (χ4v) is 12.7. The van der Waals surface area contributed by atoms with Gasteiger partial charge in [0.15, 0.2) is 8.07 Å². The fraction of sp³-hybridized carbons (Fsp3) is 0. The zero-order chi connectivity index (χ0) is 34.1. The lowest BCUT2D eigenvalue weighted by molar-refractivity contribution is 1.18. The Bertz CT molecular complexity index is 2560. The highest BCUT2D eigenvalue weighted by molar-refractivity contribution is 7.20. The summed E-state index contributed by atoms with van der Waals surface area (Å²) in [5.74, 6) is 0. The summed E-state index contributed by atoms with van der Waals surface area (Å²) in [5.41, 5.74) is 6.35. The maximum absolute atomic E-state index is 10.8. The molecule has 7 aromatic carbocycles. The first-order valence-electron chi connectivity index (χ1n) is 16.4. The van der Waals surface area contributed by atoms with Gasteiger partial charge in [-0.15, -0.1) is 0 Å². The molecule has 0 spiro atoms. The van der Waals surface area contributed by atoms with Gasteiger partial charge in [-0.2, -0.15) is 15.8 Å². The minimum atomic E-state index is -3.19. The normalized spacial score (nSPS) is 11.1. The summed E-state index contributed by atoms with van der Waals surface area (Å²) in [6.45, 7) is 0. The molecule has 0 saturated carbocycles. The number of benzene rings is 7. The number of fused-ring (bicyclic) bond motifs is 3. The summed E-state index contributed by atoms with van der Waals surface area (Å²) in [5, 5.41) is 37.5. The van der Waals surface area contributed by atoms with Crippen molar-refractivity contribution in [2.45, 2.75) is 0 Å². The third-order valence-corrected chi connectivity index (χ3v) is 14.5. The quantitative estimate of drug-likeness (QED) is 0.138. The van der Waals surface area contributed by atoms with Gasteiger partial charge in [0.05, 0.1) is 45.9 Å². The molecule has 0 unspecified atom stereocenters. The third kappa shape index (κ3) is 4.72. The van der Waals surface area contributed by atoms with E-state index in [2.05, 4.69) is 132 Å². The SMILES string of the molecule is N#Cc1ccc2c(c1)c1ccccc1n2-c1ccc(-c2c(C#N)ccc(C#N)c2[Si](c2ccccc2)(c2ccccc2)c2ccccc2)cc1. The molecule has 0 aliphatic heterocycles. The number of hydrogen-bond acceptors (Lipinski definition) is 3. The molecule has 5 heteroatoms. The highest BCUT2D eigenvalue weighted by atomic mass is 28.3. The van der Waals surface area contributed by atoms with Crippen LogP contribution in [0.5, 0.6) is 0 Å². The molecule has 4 nitrogen and oxygen atoms in total. The predicted molar refractivity (Wildman–Crippen MR) is 204 cm³/mol. The summed E-state index contributed by atoms with van der Waals surface area (Å²) in [7, 11) is -3.19. The maximum atomic E-state index is 10.8. The van der Waals surface area contributed by atoms with Crippen LogP contribution in [-0.2, 0) is 0 Å². The number of nitriles is 3. The van der Waals surface area contributed by atoms with Gasteiger partial charge >= 0.3 is 0 Å². The molecule has 8 aromatic rings. The molecule has 0 fully saturated rings. The summed E-state index contributed by atoms with van der Waals surface area (Å²) < 4.78 is 2.21. The number of para-hydroxylation sites is 1. The Morgan fingerprint density at radius 2 is 0.960 bits per heavy atom. The van der Waals surface area contributed by atoms with Gasteiger partial charge in [0.25, 0.3) is 0 Å². The molecule has 1 aromatic heterocycles. The molecule has 0 amide bonds. The van der Waals surface area contributed by atoms with Gasteiger partial charge in [-0.3, -0.25) is 0 Å². The van der Waals surface area contributed by atoms with Crippen LogP contribution in [0.2, 0.25) is 0 Å². The molecule has 0 atom stereocenters. The molecule has 1 heterocycles. The molecule has 232 valence electrons. The van der Waals surface area contributed by atoms with Gasteiger partial charge in [0.1, 0.15) is 0 Å². The largest absolute Gasteiger partial charge is 0.309 e. The first-order valence-corrected chi connectivity index (χ1v) is 18.4. The minimum Gasteiger partial charge on any atom is -0.309 e. The molecule has 50 heavy (non-hydrogen) atoms. The first-order chi connectivity index (χ1) is 24.7. The number of rotatable bonds is 6. The molecule has 0 aliphatic rings. The van der Waals surface area contributed by atoms with Gasteiger partial charge in [-0.25, -0.2) is 0 Å². The van der Waals surface area contributed by atoms with Crippen LogP contribution in [-0.4, -0.2) is 12.6 Å². The van der Waals surface area contributed by atoms with Gasteiger partial charge < -0.3 is 4.57 Å². The summed E-state index contributed by atoms with van der Waals surface area (Å²) in [6.07, 6.45) is 0. The number of hydrogen-bond donors (Lipinski definition) is 0. The minimum absolute atomic E-state index is 0.521. The van der Waals surface area contributed by atoms with E-state index in [-0.39, 0.29) is 0 Å². The van der Waals surface area contributed by atoms with Gasteiger partial charge in [0.2, 0.25) is 0 Å². The van der Waals surface area contributed by atoms with E-state index in [9.17, 15) is 15.8 Å². The van der Waals surface area contributed by atoms with Crippen molar-refractivity contribution in [3.63, 3.8) is 0 Å². The lowest BCUT2D eigenvalue weighted by atomic mass is 9.97. The van der Waals surface area contributed by atoms with Crippen molar-refractivity contribution in [1.29, 1.82) is 15.8 Å². The zero-order valence-electron chi connectivity index (χ0n) is 27.0. The van der Waals surface area contributed by atoms with Crippen molar-refractivity contribution in [2.24, 2.45) is 0 Å². The van der Waals surface area contributed by atoms with Crippen LogP contribution < -0.4 is 20.7 Å². The van der Waals surface area contributed by atoms with E-state index in [0.29, 0.717) is 16.7 Å². The van der Waals surface area contributed by atoms with Crippen LogP contribution in [0.3, 0.4) is 0 Å². The van der Waals surface area contributed by atoms with E-state index in [1.54, 1.807) is 6.07 Å². The van der Waals surface area contributed by atoms with Crippen molar-refractivity contribution < 1.29 is 0 Å². The van der Waals surface area contributed by atoms with Gasteiger partial charge in [-0.1, -0.05) is 121 Å². The highest BCUT2D eigenvalue weighted by Crippen LogP contribution is 2.34. The van der Waals surface area contributed by atoms with Crippen LogP contribution in [0.15, 0.2) is 170 Å². The number of nitrogens with zero attached hydrogens (tertiary/aromatic N) is 4. The van der Waals surface area contributed by atoms with Crippen molar-refractivity contribution >= 4 is 50.6 Å². The van der Waals surface area contributed by atoms with Crippen LogP contribution >= 0.6 is 0 Å². The Labute approximate surface area is 291 Å². The van der Waals surface area contributed by atoms with Gasteiger partial charge in [-0.05, 0) is 74.8 Å². The second kappa shape index (κ2) is 12.6. The Morgan fingerprint density at radius 1 is 0.440 bits per heavy atom. The monoisotopic (exact) mass is 652 g/mol. The molecule has 0 aliphatic carbocycles. The second-order valence-corrected chi connectivity index (χ2v) is 16.0. The van der Waals surface area contributed by atoms with Crippen molar-refractivity contribution in [2.75, 3.05) is 0 Å². The van der Waals surface area contributed by atoms with Crippen LogP contribution in [0, 0.1) is 34.0 Å². The zero-order valence-corrected chi connectivity index (χ0v) is 28.0. The third-order valence-electron chi connectivity index (χ3n) is 9.66. The summed E-state index contributed by atoms with van der Waals surface area (Å²) in [6, 6.07) is 64.7. The Hall–Kier alpha value is -6.97. The fourth-order valence-electron chi connectivity index (χ4n) is 7.57. The Morgan fingerprint density at radius 3 is 1.52 bits per heavy atom. The van der Waals surface area contributed by atoms with Gasteiger partial charge in [0, 0.05) is 22.0 Å². The van der Waals surface area contributed by atoms with E-state index in [4.69, 9.17) is 0 Å². The average molecular weight is 653 g/mol. The van der Waals surface area contributed by atoms with E-state index in [1.807, 2.05) is 54.6 Å². The predicted octanol–water partition coefficient (Wildman–Crippen LogP) is 7.44. The molecule has 0 saturated heterocycles. The second-order valence-electron chi connectivity index (χ2n) is 12.2. The Kier molecular flexibility index (Phi) is 7.63. The van der Waals surface area contributed by atoms with Crippen molar-refractivity contribution in [3.8, 4) is 35.0 Å². The lowest BCUT2D eigenvalue weighted by Crippen LogP contribution is -2.75.